The summed E-state index contributed by atoms with van der Waals surface area (Å²) in [6, 6.07) is 7.97. The molecule has 50 valence electrons. The lowest BCUT2D eigenvalue weighted by atomic mass is 10.2. The molecule has 0 fully saturated rings. The van der Waals surface area contributed by atoms with Crippen LogP contribution >= 0.6 is 11.6 Å². The molecular weight excluding hydrogens is 144 g/mol. The maximum absolute atomic E-state index is 5.72. The third-order valence-electron chi connectivity index (χ3n) is 1.62. The van der Waals surface area contributed by atoms with E-state index in [9.17, 15) is 0 Å². The van der Waals surface area contributed by atoms with Gasteiger partial charge in [0.2, 0.25) is 0 Å². The minimum Gasteiger partial charge on any atom is -0.0843 e. The monoisotopic (exact) mass is 150 g/mol. The zero-order chi connectivity index (χ0) is 6.97. The van der Waals surface area contributed by atoms with Crippen molar-refractivity contribution < 1.29 is 0 Å². The first-order valence-corrected chi connectivity index (χ1v) is 3.69. The molecule has 0 aromatic heterocycles. The van der Waals surface area contributed by atoms with E-state index < -0.39 is 0 Å². The van der Waals surface area contributed by atoms with Gasteiger partial charge in [0, 0.05) is 5.02 Å². The third kappa shape index (κ3) is 1.07. The van der Waals surface area contributed by atoms with Crippen LogP contribution in [0.3, 0.4) is 0 Å². The maximum atomic E-state index is 5.72. The van der Waals surface area contributed by atoms with Crippen LogP contribution in [-0.2, 0) is 0 Å². The Balaban J connectivity index is 2.37. The summed E-state index contributed by atoms with van der Waals surface area (Å²) in [5.74, 6) is 0. The average molecular weight is 151 g/mol. The maximum Gasteiger partial charge on any atom is 0.0406 e. The van der Waals surface area contributed by atoms with Crippen molar-refractivity contribution in [1.82, 2.24) is 0 Å². The van der Waals surface area contributed by atoms with E-state index in [4.69, 9.17) is 11.6 Å². The molecule has 1 heteroatoms. The van der Waals surface area contributed by atoms with E-state index in [-0.39, 0.29) is 0 Å². The molecule has 1 aromatic carbocycles. The molecule has 0 N–H and O–H groups in total. The van der Waals surface area contributed by atoms with Gasteiger partial charge in [-0.2, -0.15) is 0 Å². The van der Waals surface area contributed by atoms with Crippen LogP contribution in [0.25, 0.3) is 5.57 Å². The summed E-state index contributed by atoms with van der Waals surface area (Å²) in [6.45, 7) is 0. The van der Waals surface area contributed by atoms with Gasteiger partial charge in [-0.05, 0) is 29.7 Å². The summed E-state index contributed by atoms with van der Waals surface area (Å²) in [5, 5.41) is 0.810. The Hall–Kier alpha value is -0.750. The second-order valence-electron chi connectivity index (χ2n) is 2.44. The largest absolute Gasteiger partial charge is 0.0843 e. The van der Waals surface area contributed by atoms with Gasteiger partial charge in [0.25, 0.3) is 0 Å². The van der Waals surface area contributed by atoms with Crippen LogP contribution in [-0.4, -0.2) is 0 Å². The summed E-state index contributed by atoms with van der Waals surface area (Å²) >= 11 is 5.72. The van der Waals surface area contributed by atoms with E-state index in [0.717, 1.165) is 11.4 Å². The fourth-order valence-electron chi connectivity index (χ4n) is 0.951. The van der Waals surface area contributed by atoms with Gasteiger partial charge in [-0.15, -0.1) is 0 Å². The lowest BCUT2D eigenvalue weighted by Gasteiger charge is -1.92. The molecule has 0 bridgehead atoms. The van der Waals surface area contributed by atoms with Crippen LogP contribution in [0.4, 0.5) is 0 Å². The second kappa shape index (κ2) is 2.14. The summed E-state index contributed by atoms with van der Waals surface area (Å²) < 4.78 is 0. The number of rotatable bonds is 1. The molecular formula is C9H7Cl. The first-order valence-electron chi connectivity index (χ1n) is 3.31. The Labute approximate surface area is 65.1 Å². The van der Waals surface area contributed by atoms with Crippen LogP contribution in [0, 0.1) is 0 Å². The highest BCUT2D eigenvalue weighted by Crippen LogP contribution is 2.30. The molecule has 0 nitrogen and oxygen atoms in total. The quantitative estimate of drug-likeness (QED) is 0.577. The molecule has 1 aliphatic rings. The first kappa shape index (κ1) is 5.99. The van der Waals surface area contributed by atoms with Crippen LogP contribution in [0.2, 0.25) is 5.02 Å². The highest BCUT2D eigenvalue weighted by atomic mass is 35.5. The van der Waals surface area contributed by atoms with E-state index in [1.54, 1.807) is 0 Å². The van der Waals surface area contributed by atoms with E-state index in [1.165, 1.54) is 11.1 Å². The van der Waals surface area contributed by atoms with Gasteiger partial charge in [-0.25, -0.2) is 0 Å². The van der Waals surface area contributed by atoms with Crippen LogP contribution < -0.4 is 0 Å². The van der Waals surface area contributed by atoms with Crippen molar-refractivity contribution in [3.05, 3.63) is 40.9 Å². The smallest absolute Gasteiger partial charge is 0.0406 e. The van der Waals surface area contributed by atoms with Gasteiger partial charge in [0.1, 0.15) is 0 Å². The molecule has 0 spiro atoms. The Bertz CT molecular complexity index is 269. The van der Waals surface area contributed by atoms with Crippen molar-refractivity contribution in [3.63, 3.8) is 0 Å². The van der Waals surface area contributed by atoms with Crippen molar-refractivity contribution in [2.24, 2.45) is 0 Å². The van der Waals surface area contributed by atoms with Crippen LogP contribution in [0.1, 0.15) is 12.0 Å². The van der Waals surface area contributed by atoms with Gasteiger partial charge >= 0.3 is 0 Å². The van der Waals surface area contributed by atoms with E-state index in [2.05, 4.69) is 18.2 Å². The average Bonchev–Trinajstić information content (AvgIpc) is 2.71. The fourth-order valence-corrected chi connectivity index (χ4v) is 1.08. The number of benzene rings is 1. The molecule has 1 aliphatic carbocycles. The Kier molecular flexibility index (Phi) is 1.28. The summed E-state index contributed by atoms with van der Waals surface area (Å²) in [7, 11) is 0. The number of allylic oxidation sites excluding steroid dienone is 2. The topological polar surface area (TPSA) is 0 Å². The van der Waals surface area contributed by atoms with Crippen molar-refractivity contribution in [2.75, 3.05) is 0 Å². The second-order valence-corrected chi connectivity index (χ2v) is 2.88. The normalized spacial score (nSPS) is 14.7. The first-order chi connectivity index (χ1) is 4.86. The Morgan fingerprint density at radius 1 is 1.10 bits per heavy atom. The van der Waals surface area contributed by atoms with Gasteiger partial charge in [-0.1, -0.05) is 29.8 Å². The molecule has 0 heterocycles. The SMILES string of the molecule is Clc1ccc(C2=CC2)cc1. The van der Waals surface area contributed by atoms with Crippen molar-refractivity contribution in [3.8, 4) is 0 Å². The van der Waals surface area contributed by atoms with Gasteiger partial charge in [0.15, 0.2) is 0 Å². The van der Waals surface area contributed by atoms with Gasteiger partial charge in [-0.3, -0.25) is 0 Å². The molecule has 10 heavy (non-hydrogen) atoms. The van der Waals surface area contributed by atoms with Crippen LogP contribution in [0.5, 0.6) is 0 Å². The zero-order valence-corrected chi connectivity index (χ0v) is 6.23. The molecule has 0 atom stereocenters. The van der Waals surface area contributed by atoms with E-state index >= 15 is 0 Å². The summed E-state index contributed by atoms with van der Waals surface area (Å²) in [5.41, 5.74) is 2.75. The van der Waals surface area contributed by atoms with Crippen LogP contribution in [0.15, 0.2) is 30.3 Å². The number of halogens is 1. The molecule has 0 radical (unpaired) electrons. The zero-order valence-electron chi connectivity index (χ0n) is 5.47. The summed E-state index contributed by atoms with van der Waals surface area (Å²) in [6.07, 6.45) is 3.37. The Morgan fingerprint density at radius 2 is 1.70 bits per heavy atom. The van der Waals surface area contributed by atoms with Crippen molar-refractivity contribution >= 4 is 17.2 Å². The highest BCUT2D eigenvalue weighted by Gasteiger charge is 2.08. The Morgan fingerprint density at radius 3 is 2.20 bits per heavy atom. The minimum absolute atomic E-state index is 0.810. The lowest BCUT2D eigenvalue weighted by molar-refractivity contribution is 1.59. The van der Waals surface area contributed by atoms with E-state index in [0.29, 0.717) is 0 Å². The lowest BCUT2D eigenvalue weighted by Crippen LogP contribution is -1.70. The molecule has 0 saturated heterocycles. The number of hydrogen-bond donors (Lipinski definition) is 0. The molecule has 0 amide bonds. The molecule has 0 unspecified atom stereocenters. The van der Waals surface area contributed by atoms with Crippen molar-refractivity contribution in [2.45, 2.75) is 6.42 Å². The highest BCUT2D eigenvalue weighted by molar-refractivity contribution is 6.30. The summed E-state index contributed by atoms with van der Waals surface area (Å²) in [4.78, 5) is 0. The molecule has 2 rings (SSSR count). The molecule has 1 aromatic rings. The number of hydrogen-bond acceptors (Lipinski definition) is 0. The fraction of sp³-hybridized carbons (Fsp3) is 0.111. The molecule has 0 aliphatic heterocycles. The molecule has 0 saturated carbocycles. The minimum atomic E-state index is 0.810. The third-order valence-corrected chi connectivity index (χ3v) is 1.88. The van der Waals surface area contributed by atoms with Gasteiger partial charge < -0.3 is 0 Å². The standard InChI is InChI=1S/C9H7Cl/c10-9-5-3-8(4-6-9)7-1-2-7/h1,3-6H,2H2. The predicted octanol–water partition coefficient (Wildman–Crippen LogP) is 3.13. The van der Waals surface area contributed by atoms with E-state index in [1.807, 2.05) is 12.1 Å². The van der Waals surface area contributed by atoms with Crippen molar-refractivity contribution in [1.29, 1.82) is 0 Å². The predicted molar refractivity (Wildman–Crippen MR) is 44.0 cm³/mol. The van der Waals surface area contributed by atoms with Gasteiger partial charge in [0.05, 0.1) is 0 Å².